The molecule has 2 fully saturated rings. The van der Waals surface area contributed by atoms with Crippen molar-refractivity contribution < 1.29 is 9.84 Å². The van der Waals surface area contributed by atoms with Gasteiger partial charge in [0.25, 0.3) is 0 Å². The van der Waals surface area contributed by atoms with Crippen molar-refractivity contribution in [3.8, 4) is 0 Å². The molecule has 0 aliphatic carbocycles. The number of fused-ring (bicyclic) bond motifs is 2. The van der Waals surface area contributed by atoms with E-state index in [4.69, 9.17) is 16.3 Å². The summed E-state index contributed by atoms with van der Waals surface area (Å²) in [6.45, 7) is 3.12. The molecule has 134 valence electrons. The molecule has 4 unspecified atom stereocenters. The van der Waals surface area contributed by atoms with Crippen molar-refractivity contribution in [2.24, 2.45) is 4.99 Å². The average Bonchev–Trinajstić information content (AvgIpc) is 3.16. The number of nitrogens with one attached hydrogen (secondary N) is 2. The Morgan fingerprint density at radius 1 is 1.38 bits per heavy atom. The fourth-order valence-electron chi connectivity index (χ4n) is 3.25. The largest absolute Gasteiger partial charge is 0.386 e. The van der Waals surface area contributed by atoms with Crippen molar-refractivity contribution in [3.05, 3.63) is 34.9 Å². The number of aliphatic hydroxyl groups excluding tert-OH is 1. The maximum Gasteiger partial charge on any atom is 0.191 e. The summed E-state index contributed by atoms with van der Waals surface area (Å²) in [7, 11) is 0. The van der Waals surface area contributed by atoms with Crippen LogP contribution >= 0.6 is 35.6 Å². The van der Waals surface area contributed by atoms with Crippen LogP contribution in [0.25, 0.3) is 0 Å². The van der Waals surface area contributed by atoms with Crippen molar-refractivity contribution in [1.82, 2.24) is 10.6 Å². The first-order valence-electron chi connectivity index (χ1n) is 8.29. The summed E-state index contributed by atoms with van der Waals surface area (Å²) < 4.78 is 5.86. The lowest BCUT2D eigenvalue weighted by molar-refractivity contribution is 0.0992. The van der Waals surface area contributed by atoms with E-state index in [2.05, 4.69) is 15.6 Å². The first-order valence-corrected chi connectivity index (χ1v) is 8.67. The monoisotopic (exact) mass is 465 g/mol. The number of guanidine groups is 1. The third-order valence-electron chi connectivity index (χ3n) is 4.45. The van der Waals surface area contributed by atoms with E-state index in [9.17, 15) is 5.11 Å². The molecular weight excluding hydrogens is 441 g/mol. The van der Waals surface area contributed by atoms with Crippen molar-refractivity contribution in [3.63, 3.8) is 0 Å². The third-order valence-corrected chi connectivity index (χ3v) is 4.70. The predicted molar refractivity (Wildman–Crippen MR) is 107 cm³/mol. The molecule has 3 N–H and O–H groups in total. The molecule has 24 heavy (non-hydrogen) atoms. The number of aliphatic hydroxyl groups is 1. The van der Waals surface area contributed by atoms with E-state index >= 15 is 0 Å². The van der Waals surface area contributed by atoms with Gasteiger partial charge < -0.3 is 20.5 Å². The number of nitrogens with zero attached hydrogens (tertiary/aromatic N) is 1. The van der Waals surface area contributed by atoms with Crippen molar-refractivity contribution in [2.45, 2.75) is 50.5 Å². The number of hydrogen-bond donors (Lipinski definition) is 3. The molecule has 4 atom stereocenters. The van der Waals surface area contributed by atoms with Crippen LogP contribution in [-0.2, 0) is 4.74 Å². The Labute approximate surface area is 165 Å². The zero-order chi connectivity index (χ0) is 16.2. The summed E-state index contributed by atoms with van der Waals surface area (Å²) >= 11 is 5.87. The molecule has 3 rings (SSSR count). The molecule has 1 aromatic carbocycles. The van der Waals surface area contributed by atoms with E-state index in [1.54, 1.807) is 12.1 Å². The highest BCUT2D eigenvalue weighted by atomic mass is 127. The Bertz CT molecular complexity index is 555. The van der Waals surface area contributed by atoms with Gasteiger partial charge in [0.05, 0.1) is 30.9 Å². The van der Waals surface area contributed by atoms with Gasteiger partial charge in [-0.1, -0.05) is 23.7 Å². The molecule has 5 nitrogen and oxygen atoms in total. The predicted octanol–water partition coefficient (Wildman–Crippen LogP) is 2.87. The third kappa shape index (κ3) is 4.97. The fourth-order valence-corrected chi connectivity index (χ4v) is 3.38. The fraction of sp³-hybridized carbons (Fsp3) is 0.588. The molecule has 2 aliphatic heterocycles. The number of halogens is 2. The van der Waals surface area contributed by atoms with Crippen LogP contribution in [0, 0.1) is 0 Å². The molecule has 0 amide bonds. The lowest BCUT2D eigenvalue weighted by Crippen LogP contribution is -2.47. The van der Waals surface area contributed by atoms with Crippen LogP contribution in [0.2, 0.25) is 5.02 Å². The van der Waals surface area contributed by atoms with E-state index in [0.717, 1.165) is 30.9 Å². The van der Waals surface area contributed by atoms with Gasteiger partial charge in [0.1, 0.15) is 0 Å². The lowest BCUT2D eigenvalue weighted by atomic mass is 9.96. The summed E-state index contributed by atoms with van der Waals surface area (Å²) in [5.74, 6) is 0.738. The molecule has 2 saturated heterocycles. The van der Waals surface area contributed by atoms with Crippen molar-refractivity contribution in [1.29, 1.82) is 0 Å². The van der Waals surface area contributed by atoms with Crippen LogP contribution in [0.15, 0.2) is 29.3 Å². The second kappa shape index (κ2) is 9.22. The van der Waals surface area contributed by atoms with Gasteiger partial charge >= 0.3 is 0 Å². The highest BCUT2D eigenvalue weighted by molar-refractivity contribution is 14.0. The molecule has 2 bridgehead atoms. The Morgan fingerprint density at radius 3 is 2.71 bits per heavy atom. The summed E-state index contributed by atoms with van der Waals surface area (Å²) in [5.41, 5.74) is 0.817. The Balaban J connectivity index is 0.00000208. The molecule has 7 heteroatoms. The van der Waals surface area contributed by atoms with E-state index in [1.165, 1.54) is 6.42 Å². The first kappa shape index (κ1) is 19.8. The van der Waals surface area contributed by atoms with Gasteiger partial charge in [-0.15, -0.1) is 24.0 Å². The maximum absolute atomic E-state index is 10.3. The van der Waals surface area contributed by atoms with Crippen molar-refractivity contribution >= 4 is 41.5 Å². The minimum Gasteiger partial charge on any atom is -0.386 e. The Morgan fingerprint density at radius 2 is 2.12 bits per heavy atom. The average molecular weight is 466 g/mol. The Hall–Kier alpha value is -0.570. The van der Waals surface area contributed by atoms with E-state index in [0.29, 0.717) is 29.8 Å². The second-order valence-corrected chi connectivity index (χ2v) is 6.58. The molecule has 2 heterocycles. The number of ether oxygens (including phenoxy) is 1. The van der Waals surface area contributed by atoms with Crippen LogP contribution < -0.4 is 10.6 Å². The molecule has 2 aliphatic rings. The number of benzene rings is 1. The number of hydrogen-bond acceptors (Lipinski definition) is 3. The maximum atomic E-state index is 10.3. The zero-order valence-corrected chi connectivity index (χ0v) is 16.8. The molecule has 0 aromatic heterocycles. The zero-order valence-electron chi connectivity index (χ0n) is 13.7. The van der Waals surface area contributed by atoms with Gasteiger partial charge in [-0.3, -0.25) is 4.99 Å². The van der Waals surface area contributed by atoms with E-state index in [1.807, 2.05) is 19.1 Å². The van der Waals surface area contributed by atoms with Gasteiger partial charge in [0, 0.05) is 11.6 Å². The van der Waals surface area contributed by atoms with Crippen LogP contribution in [0.3, 0.4) is 0 Å². The standard InChI is InChI=1S/C17H24ClN3O2.HI/c1-2-19-17(21-14-9-13-7-8-16(14)23-13)20-10-15(22)11-3-5-12(18)6-4-11;/h3-6,13-16,22H,2,7-10H2,1H3,(H2,19,20,21);1H. The summed E-state index contributed by atoms with van der Waals surface area (Å²) in [5, 5.41) is 17.6. The topological polar surface area (TPSA) is 65.9 Å². The molecule has 0 spiro atoms. The normalized spacial score (nSPS) is 26.8. The van der Waals surface area contributed by atoms with Gasteiger partial charge in [-0.2, -0.15) is 0 Å². The van der Waals surface area contributed by atoms with Crippen LogP contribution in [0.5, 0.6) is 0 Å². The molecular formula is C17H25ClIN3O2. The molecule has 0 saturated carbocycles. The van der Waals surface area contributed by atoms with Gasteiger partial charge in [-0.25, -0.2) is 0 Å². The highest BCUT2D eigenvalue weighted by Gasteiger charge is 2.41. The van der Waals surface area contributed by atoms with E-state index < -0.39 is 6.10 Å². The number of aliphatic imine (C=N–C) groups is 1. The smallest absolute Gasteiger partial charge is 0.191 e. The van der Waals surface area contributed by atoms with Gasteiger partial charge in [-0.05, 0) is 43.9 Å². The molecule has 0 radical (unpaired) electrons. The minimum atomic E-state index is -0.640. The summed E-state index contributed by atoms with van der Waals surface area (Å²) in [6, 6.07) is 7.53. The van der Waals surface area contributed by atoms with Crippen LogP contribution in [0.4, 0.5) is 0 Å². The van der Waals surface area contributed by atoms with Gasteiger partial charge in [0.2, 0.25) is 0 Å². The van der Waals surface area contributed by atoms with Crippen LogP contribution in [-0.4, -0.2) is 42.4 Å². The Kier molecular flexibility index (Phi) is 7.59. The van der Waals surface area contributed by atoms with Crippen molar-refractivity contribution in [2.75, 3.05) is 13.1 Å². The summed E-state index contributed by atoms with van der Waals surface area (Å²) in [4.78, 5) is 4.52. The summed E-state index contributed by atoms with van der Waals surface area (Å²) in [6.07, 6.45) is 3.39. The highest BCUT2D eigenvalue weighted by Crippen LogP contribution is 2.34. The quantitative estimate of drug-likeness (QED) is 0.355. The van der Waals surface area contributed by atoms with Gasteiger partial charge in [0.15, 0.2) is 5.96 Å². The second-order valence-electron chi connectivity index (χ2n) is 6.15. The first-order chi connectivity index (χ1) is 11.2. The molecule has 1 aromatic rings. The SMILES string of the molecule is CCNC(=NCC(O)c1ccc(Cl)cc1)NC1CC2CCC1O2.I. The lowest BCUT2D eigenvalue weighted by Gasteiger charge is -2.23. The number of rotatable bonds is 5. The minimum absolute atomic E-state index is 0. The van der Waals surface area contributed by atoms with E-state index in [-0.39, 0.29) is 24.0 Å². The van der Waals surface area contributed by atoms with Crippen LogP contribution in [0.1, 0.15) is 37.9 Å².